The third-order valence-corrected chi connectivity index (χ3v) is 4.49. The van der Waals surface area contributed by atoms with Crippen molar-refractivity contribution >= 4 is 17.5 Å². The quantitative estimate of drug-likeness (QED) is 0.879. The second kappa shape index (κ2) is 6.24. The second-order valence-corrected chi connectivity index (χ2v) is 6.54. The number of nitrogens with zero attached hydrogens (tertiary/aromatic N) is 1. The molecule has 2 fully saturated rings. The van der Waals surface area contributed by atoms with Gasteiger partial charge in [-0.25, -0.2) is 0 Å². The summed E-state index contributed by atoms with van der Waals surface area (Å²) in [6.45, 7) is 2.54. The minimum atomic E-state index is -0.0928. The molecule has 0 bridgehead atoms. The van der Waals surface area contributed by atoms with Gasteiger partial charge in [0.25, 0.3) is 5.91 Å². The van der Waals surface area contributed by atoms with Gasteiger partial charge < -0.3 is 15.3 Å². The molecule has 0 radical (unpaired) electrons. The van der Waals surface area contributed by atoms with Crippen LogP contribution in [0.4, 0.5) is 0 Å². The van der Waals surface area contributed by atoms with E-state index in [-0.39, 0.29) is 11.7 Å². The molecule has 1 saturated heterocycles. The molecule has 2 N–H and O–H groups in total. The summed E-state index contributed by atoms with van der Waals surface area (Å²) in [6, 6.07) is 5.07. The molecule has 21 heavy (non-hydrogen) atoms. The Morgan fingerprint density at radius 1 is 1.33 bits per heavy atom. The maximum absolute atomic E-state index is 12.7. The summed E-state index contributed by atoms with van der Waals surface area (Å²) in [4.78, 5) is 14.6. The van der Waals surface area contributed by atoms with Crippen LogP contribution < -0.4 is 5.32 Å². The van der Waals surface area contributed by atoms with Crippen LogP contribution >= 0.6 is 11.6 Å². The SMILES string of the molecule is O=C(c1ccc(Cl)cc1O)N(CC1CC1)CC1CCCN1. The van der Waals surface area contributed by atoms with Crippen LogP contribution in [0.5, 0.6) is 5.75 Å². The van der Waals surface area contributed by atoms with Crippen molar-refractivity contribution in [2.75, 3.05) is 19.6 Å². The van der Waals surface area contributed by atoms with Gasteiger partial charge in [0.2, 0.25) is 0 Å². The van der Waals surface area contributed by atoms with Crippen molar-refractivity contribution in [2.45, 2.75) is 31.7 Å². The lowest BCUT2D eigenvalue weighted by Gasteiger charge is -2.26. The lowest BCUT2D eigenvalue weighted by atomic mass is 10.1. The molecule has 4 nitrogen and oxygen atoms in total. The molecule has 1 aromatic carbocycles. The van der Waals surface area contributed by atoms with Crippen molar-refractivity contribution in [1.82, 2.24) is 10.2 Å². The summed E-state index contributed by atoms with van der Waals surface area (Å²) in [6.07, 6.45) is 4.69. The summed E-state index contributed by atoms with van der Waals surface area (Å²) in [5.41, 5.74) is 0.345. The Balaban J connectivity index is 1.75. The maximum atomic E-state index is 12.7. The van der Waals surface area contributed by atoms with Gasteiger partial charge in [-0.1, -0.05) is 11.6 Å². The van der Waals surface area contributed by atoms with E-state index in [1.807, 2.05) is 4.90 Å². The van der Waals surface area contributed by atoms with Gasteiger partial charge in [0.1, 0.15) is 5.75 Å². The zero-order valence-corrected chi connectivity index (χ0v) is 12.8. The Morgan fingerprint density at radius 2 is 2.14 bits per heavy atom. The number of rotatable bonds is 5. The van der Waals surface area contributed by atoms with E-state index in [1.54, 1.807) is 12.1 Å². The number of halogens is 1. The van der Waals surface area contributed by atoms with Crippen LogP contribution in [0.25, 0.3) is 0 Å². The van der Waals surface area contributed by atoms with Crippen molar-refractivity contribution in [2.24, 2.45) is 5.92 Å². The minimum absolute atomic E-state index is 0.0346. The molecule has 1 saturated carbocycles. The van der Waals surface area contributed by atoms with Crippen molar-refractivity contribution in [3.63, 3.8) is 0 Å². The molecule has 1 atom stereocenters. The first-order valence-electron chi connectivity index (χ1n) is 7.64. The zero-order valence-electron chi connectivity index (χ0n) is 12.0. The van der Waals surface area contributed by atoms with Crippen molar-refractivity contribution in [3.8, 4) is 5.75 Å². The largest absolute Gasteiger partial charge is 0.507 e. The van der Waals surface area contributed by atoms with E-state index in [1.165, 1.54) is 25.3 Å². The van der Waals surface area contributed by atoms with Crippen molar-refractivity contribution in [3.05, 3.63) is 28.8 Å². The van der Waals surface area contributed by atoms with Crippen LogP contribution in [0.2, 0.25) is 5.02 Å². The van der Waals surface area contributed by atoms with Crippen LogP contribution in [-0.4, -0.2) is 41.6 Å². The molecule has 1 aromatic rings. The van der Waals surface area contributed by atoms with E-state index in [0.717, 1.165) is 26.1 Å². The highest BCUT2D eigenvalue weighted by Crippen LogP contribution is 2.31. The fraction of sp³-hybridized carbons (Fsp3) is 0.562. The number of phenols is 1. The monoisotopic (exact) mass is 308 g/mol. The Kier molecular flexibility index (Phi) is 4.36. The number of hydrogen-bond acceptors (Lipinski definition) is 3. The Bertz CT molecular complexity index is 525. The first kappa shape index (κ1) is 14.7. The first-order valence-corrected chi connectivity index (χ1v) is 8.02. The Morgan fingerprint density at radius 3 is 2.76 bits per heavy atom. The number of benzene rings is 1. The highest BCUT2D eigenvalue weighted by Gasteiger charge is 2.30. The molecular formula is C16H21ClN2O2. The summed E-state index contributed by atoms with van der Waals surface area (Å²) in [5.74, 6) is 0.502. The normalized spacial score (nSPS) is 21.5. The van der Waals surface area contributed by atoms with Crippen molar-refractivity contribution in [1.29, 1.82) is 0 Å². The number of amides is 1. The number of hydrogen-bond donors (Lipinski definition) is 2. The standard InChI is InChI=1S/C16H21ClN2O2/c17-12-5-6-14(15(20)8-12)16(21)19(9-11-3-4-11)10-13-2-1-7-18-13/h5-6,8,11,13,18,20H,1-4,7,9-10H2. The number of phenolic OH excluding ortho intramolecular Hbond substituents is 1. The van der Waals surface area contributed by atoms with Gasteiger partial charge in [0.05, 0.1) is 5.56 Å². The first-order chi connectivity index (χ1) is 10.1. The average Bonchev–Trinajstić information content (AvgIpc) is 3.11. The highest BCUT2D eigenvalue weighted by molar-refractivity contribution is 6.30. The number of aromatic hydroxyl groups is 1. The van der Waals surface area contributed by atoms with Crippen LogP contribution in [0, 0.1) is 5.92 Å². The molecule has 1 amide bonds. The van der Waals surface area contributed by atoms with Crippen molar-refractivity contribution < 1.29 is 9.90 Å². The molecule has 2 aliphatic rings. The van der Waals surface area contributed by atoms with E-state index in [4.69, 9.17) is 11.6 Å². The summed E-state index contributed by atoms with van der Waals surface area (Å²) in [7, 11) is 0. The summed E-state index contributed by atoms with van der Waals surface area (Å²) < 4.78 is 0. The maximum Gasteiger partial charge on any atom is 0.257 e. The Hall–Kier alpha value is -1.26. The predicted molar refractivity (Wildman–Crippen MR) is 82.8 cm³/mol. The minimum Gasteiger partial charge on any atom is -0.507 e. The molecule has 0 spiro atoms. The van der Waals surface area contributed by atoms with E-state index in [2.05, 4.69) is 5.32 Å². The lowest BCUT2D eigenvalue weighted by molar-refractivity contribution is 0.0730. The summed E-state index contributed by atoms with van der Waals surface area (Å²) in [5, 5.41) is 13.8. The topological polar surface area (TPSA) is 52.6 Å². The summed E-state index contributed by atoms with van der Waals surface area (Å²) >= 11 is 5.84. The number of nitrogens with one attached hydrogen (secondary N) is 1. The Labute approximate surface area is 130 Å². The van der Waals surface area contributed by atoms with Gasteiger partial charge in [-0.05, 0) is 56.3 Å². The molecule has 3 rings (SSSR count). The smallest absolute Gasteiger partial charge is 0.257 e. The fourth-order valence-corrected chi connectivity index (χ4v) is 3.05. The molecular weight excluding hydrogens is 288 g/mol. The van der Waals surface area contributed by atoms with Gasteiger partial charge in [-0.15, -0.1) is 0 Å². The molecule has 0 aromatic heterocycles. The molecule has 1 unspecified atom stereocenters. The van der Waals surface area contributed by atoms with E-state index in [9.17, 15) is 9.90 Å². The molecule has 1 aliphatic heterocycles. The van der Waals surface area contributed by atoms with Crippen LogP contribution in [0.1, 0.15) is 36.0 Å². The van der Waals surface area contributed by atoms with Gasteiger partial charge in [-0.2, -0.15) is 0 Å². The third kappa shape index (κ3) is 3.69. The highest BCUT2D eigenvalue weighted by atomic mass is 35.5. The molecule has 5 heteroatoms. The van der Waals surface area contributed by atoms with E-state index >= 15 is 0 Å². The number of carbonyl (C=O) groups excluding carboxylic acids is 1. The number of carbonyl (C=O) groups is 1. The van der Waals surface area contributed by atoms with Gasteiger partial charge in [0, 0.05) is 24.2 Å². The van der Waals surface area contributed by atoms with Gasteiger partial charge in [0.15, 0.2) is 0 Å². The second-order valence-electron chi connectivity index (χ2n) is 6.11. The average molecular weight is 309 g/mol. The predicted octanol–water partition coefficient (Wildman–Crippen LogP) is 2.65. The van der Waals surface area contributed by atoms with Crippen LogP contribution in [-0.2, 0) is 0 Å². The van der Waals surface area contributed by atoms with Gasteiger partial charge >= 0.3 is 0 Å². The van der Waals surface area contributed by atoms with Crippen LogP contribution in [0.3, 0.4) is 0 Å². The fourth-order valence-electron chi connectivity index (χ4n) is 2.89. The molecule has 114 valence electrons. The van der Waals surface area contributed by atoms with Gasteiger partial charge in [-0.3, -0.25) is 4.79 Å². The lowest BCUT2D eigenvalue weighted by Crippen LogP contribution is -2.42. The van der Waals surface area contributed by atoms with Crippen LogP contribution in [0.15, 0.2) is 18.2 Å². The van der Waals surface area contributed by atoms with E-state index in [0.29, 0.717) is 22.5 Å². The third-order valence-electron chi connectivity index (χ3n) is 4.26. The molecule has 1 heterocycles. The molecule has 1 aliphatic carbocycles. The zero-order chi connectivity index (χ0) is 14.8. The van der Waals surface area contributed by atoms with E-state index < -0.39 is 0 Å².